The summed E-state index contributed by atoms with van der Waals surface area (Å²) < 4.78 is 26.1. The standard InChI is InChI=1S/C12H6F2N2/c13-9-2-4-11(12(14)5-9)8-1-3-10(6-15)16-7-8/h1-5,7H. The zero-order valence-corrected chi connectivity index (χ0v) is 8.11. The molecule has 1 aromatic heterocycles. The Labute approximate surface area is 90.8 Å². The van der Waals surface area contributed by atoms with Crippen LogP contribution in [0.15, 0.2) is 36.5 Å². The predicted octanol–water partition coefficient (Wildman–Crippen LogP) is 2.90. The average molecular weight is 216 g/mol. The predicted molar refractivity (Wildman–Crippen MR) is 54.3 cm³/mol. The van der Waals surface area contributed by atoms with Crippen molar-refractivity contribution >= 4 is 0 Å². The summed E-state index contributed by atoms with van der Waals surface area (Å²) in [5.74, 6) is -1.27. The molecule has 2 aromatic rings. The summed E-state index contributed by atoms with van der Waals surface area (Å²) in [4.78, 5) is 3.82. The molecule has 4 heteroatoms. The van der Waals surface area contributed by atoms with Crippen molar-refractivity contribution in [1.82, 2.24) is 4.98 Å². The molecule has 1 aromatic carbocycles. The van der Waals surface area contributed by atoms with Crippen LogP contribution in [0.5, 0.6) is 0 Å². The number of nitriles is 1. The summed E-state index contributed by atoms with van der Waals surface area (Å²) in [7, 11) is 0. The van der Waals surface area contributed by atoms with E-state index in [1.54, 1.807) is 6.07 Å². The molecule has 0 atom stereocenters. The fraction of sp³-hybridized carbons (Fsp3) is 0. The lowest BCUT2D eigenvalue weighted by Gasteiger charge is -2.02. The first kappa shape index (κ1) is 10.2. The molecule has 1 heterocycles. The molecule has 16 heavy (non-hydrogen) atoms. The number of benzene rings is 1. The minimum atomic E-state index is -0.647. The molecule has 0 aliphatic carbocycles. The largest absolute Gasteiger partial charge is 0.245 e. The number of halogens is 2. The number of aromatic nitrogens is 1. The summed E-state index contributed by atoms with van der Waals surface area (Å²) in [6.07, 6.45) is 1.38. The molecule has 0 fully saturated rings. The van der Waals surface area contributed by atoms with Gasteiger partial charge in [0.05, 0.1) is 0 Å². The highest BCUT2D eigenvalue weighted by Crippen LogP contribution is 2.22. The Hall–Kier alpha value is -2.28. The van der Waals surface area contributed by atoms with Crippen LogP contribution in [0.25, 0.3) is 11.1 Å². The number of rotatable bonds is 1. The maximum atomic E-state index is 13.4. The fourth-order valence-corrected chi connectivity index (χ4v) is 1.34. The summed E-state index contributed by atoms with van der Waals surface area (Å²) in [6, 6.07) is 8.25. The van der Waals surface area contributed by atoms with E-state index in [2.05, 4.69) is 4.98 Å². The van der Waals surface area contributed by atoms with Gasteiger partial charge >= 0.3 is 0 Å². The van der Waals surface area contributed by atoms with Crippen LogP contribution in [0.2, 0.25) is 0 Å². The number of hydrogen-bond acceptors (Lipinski definition) is 2. The lowest BCUT2D eigenvalue weighted by Crippen LogP contribution is -1.88. The second-order valence-corrected chi connectivity index (χ2v) is 3.17. The molecule has 0 aliphatic heterocycles. The van der Waals surface area contributed by atoms with Crippen molar-refractivity contribution in [3.8, 4) is 17.2 Å². The molecule has 0 saturated heterocycles. The number of pyridine rings is 1. The van der Waals surface area contributed by atoms with Gasteiger partial charge in [0, 0.05) is 23.4 Å². The van der Waals surface area contributed by atoms with E-state index < -0.39 is 11.6 Å². The van der Waals surface area contributed by atoms with Gasteiger partial charge in [-0.25, -0.2) is 13.8 Å². The highest BCUT2D eigenvalue weighted by Gasteiger charge is 2.06. The van der Waals surface area contributed by atoms with E-state index >= 15 is 0 Å². The molecule has 0 spiro atoms. The van der Waals surface area contributed by atoms with Crippen molar-refractivity contribution in [3.63, 3.8) is 0 Å². The molecule has 0 aliphatic rings. The minimum Gasteiger partial charge on any atom is -0.245 e. The first-order valence-corrected chi connectivity index (χ1v) is 4.52. The van der Waals surface area contributed by atoms with Crippen molar-refractivity contribution in [2.24, 2.45) is 0 Å². The molecule has 2 nitrogen and oxygen atoms in total. The van der Waals surface area contributed by atoms with Crippen molar-refractivity contribution < 1.29 is 8.78 Å². The third-order valence-electron chi connectivity index (χ3n) is 2.12. The summed E-state index contributed by atoms with van der Waals surface area (Å²) in [5.41, 5.74) is 1.03. The van der Waals surface area contributed by atoms with E-state index in [1.165, 1.54) is 24.4 Å². The van der Waals surface area contributed by atoms with Crippen LogP contribution < -0.4 is 0 Å². The molecule has 0 N–H and O–H groups in total. The van der Waals surface area contributed by atoms with Crippen LogP contribution in [-0.4, -0.2) is 4.98 Å². The van der Waals surface area contributed by atoms with Gasteiger partial charge < -0.3 is 0 Å². The Bertz CT molecular complexity index is 556. The van der Waals surface area contributed by atoms with E-state index in [0.29, 0.717) is 5.56 Å². The zero-order valence-electron chi connectivity index (χ0n) is 8.11. The molecule has 78 valence electrons. The third-order valence-corrected chi connectivity index (χ3v) is 2.12. The molecular formula is C12H6F2N2. The average Bonchev–Trinajstić information content (AvgIpc) is 2.29. The Morgan fingerprint density at radius 1 is 1.12 bits per heavy atom. The Kier molecular flexibility index (Phi) is 2.61. The van der Waals surface area contributed by atoms with Gasteiger partial charge in [-0.05, 0) is 24.3 Å². The molecule has 0 unspecified atom stereocenters. The van der Waals surface area contributed by atoms with Gasteiger partial charge in [-0.2, -0.15) is 5.26 Å². The highest BCUT2D eigenvalue weighted by molar-refractivity contribution is 5.63. The molecule has 0 saturated carbocycles. The number of hydrogen-bond donors (Lipinski definition) is 0. The molecule has 0 bridgehead atoms. The normalized spacial score (nSPS) is 9.81. The van der Waals surface area contributed by atoms with E-state index in [1.807, 2.05) is 6.07 Å². The van der Waals surface area contributed by atoms with Crippen molar-refractivity contribution in [3.05, 3.63) is 53.9 Å². The van der Waals surface area contributed by atoms with Crippen LogP contribution in [0.1, 0.15) is 5.69 Å². The Balaban J connectivity index is 2.47. The zero-order chi connectivity index (χ0) is 11.5. The van der Waals surface area contributed by atoms with Gasteiger partial charge in [-0.3, -0.25) is 0 Å². The van der Waals surface area contributed by atoms with E-state index in [-0.39, 0.29) is 11.3 Å². The smallest absolute Gasteiger partial charge is 0.140 e. The van der Waals surface area contributed by atoms with Crippen LogP contribution in [0.3, 0.4) is 0 Å². The van der Waals surface area contributed by atoms with Gasteiger partial charge in [0.2, 0.25) is 0 Å². The van der Waals surface area contributed by atoms with Crippen molar-refractivity contribution in [1.29, 1.82) is 5.26 Å². The lowest BCUT2D eigenvalue weighted by atomic mass is 10.1. The van der Waals surface area contributed by atoms with Gasteiger partial charge in [0.1, 0.15) is 23.4 Å². The third kappa shape index (κ3) is 1.89. The molecule has 2 rings (SSSR count). The van der Waals surface area contributed by atoms with Gasteiger partial charge in [-0.1, -0.05) is 0 Å². The Morgan fingerprint density at radius 2 is 1.94 bits per heavy atom. The van der Waals surface area contributed by atoms with Crippen molar-refractivity contribution in [2.45, 2.75) is 0 Å². The van der Waals surface area contributed by atoms with Crippen LogP contribution in [0, 0.1) is 23.0 Å². The van der Waals surface area contributed by atoms with Gasteiger partial charge in [-0.15, -0.1) is 0 Å². The summed E-state index contributed by atoms with van der Waals surface area (Å²) in [6.45, 7) is 0. The summed E-state index contributed by atoms with van der Waals surface area (Å²) in [5, 5.41) is 8.55. The quantitative estimate of drug-likeness (QED) is 0.734. The number of nitrogens with zero attached hydrogens (tertiary/aromatic N) is 2. The van der Waals surface area contributed by atoms with Crippen LogP contribution in [-0.2, 0) is 0 Å². The second kappa shape index (κ2) is 4.07. The van der Waals surface area contributed by atoms with Gasteiger partial charge in [0.15, 0.2) is 0 Å². The van der Waals surface area contributed by atoms with E-state index in [0.717, 1.165) is 6.07 Å². The SMILES string of the molecule is N#Cc1ccc(-c2ccc(F)cc2F)cn1. The maximum absolute atomic E-state index is 13.4. The lowest BCUT2D eigenvalue weighted by molar-refractivity contribution is 0.585. The maximum Gasteiger partial charge on any atom is 0.140 e. The second-order valence-electron chi connectivity index (χ2n) is 3.17. The van der Waals surface area contributed by atoms with E-state index in [4.69, 9.17) is 5.26 Å². The van der Waals surface area contributed by atoms with E-state index in [9.17, 15) is 8.78 Å². The topological polar surface area (TPSA) is 36.7 Å². The Morgan fingerprint density at radius 3 is 2.50 bits per heavy atom. The fourth-order valence-electron chi connectivity index (χ4n) is 1.34. The summed E-state index contributed by atoms with van der Waals surface area (Å²) >= 11 is 0. The highest BCUT2D eigenvalue weighted by atomic mass is 19.1. The van der Waals surface area contributed by atoms with Crippen molar-refractivity contribution in [2.75, 3.05) is 0 Å². The van der Waals surface area contributed by atoms with Gasteiger partial charge in [0.25, 0.3) is 0 Å². The molecule has 0 amide bonds. The first-order chi connectivity index (χ1) is 7.70. The first-order valence-electron chi connectivity index (χ1n) is 4.52. The molecular weight excluding hydrogens is 210 g/mol. The van der Waals surface area contributed by atoms with Crippen LogP contribution in [0.4, 0.5) is 8.78 Å². The molecule has 0 radical (unpaired) electrons. The minimum absolute atomic E-state index is 0.256. The monoisotopic (exact) mass is 216 g/mol. The van der Waals surface area contributed by atoms with Crippen LogP contribution >= 0.6 is 0 Å².